The average molecular weight is 370 g/mol. The number of nitrogens with one attached hydrogen (secondary N) is 1. The van der Waals surface area contributed by atoms with Crippen LogP contribution in [-0.4, -0.2) is 27.8 Å². The van der Waals surface area contributed by atoms with Gasteiger partial charge in [0.15, 0.2) is 5.69 Å². The third-order valence-electron chi connectivity index (χ3n) is 6.20. The highest BCUT2D eigenvalue weighted by Crippen LogP contribution is 2.59. The van der Waals surface area contributed by atoms with Crippen molar-refractivity contribution in [3.05, 3.63) is 29.4 Å². The standard InChI is InChI=1S/C20H26N4O3/c1-12-10-16(24-27-12)19-23-22-18(26-19)7-6-17(25)21-9-8-13-4-5-14-11-15(13)20(14,2)3/h4,10,14-15H,5-9,11H2,1-3H3,(H,21,25)/t14-,15-/m0/s1. The smallest absolute Gasteiger partial charge is 0.269 e. The predicted molar refractivity (Wildman–Crippen MR) is 98.6 cm³/mol. The second-order valence-corrected chi connectivity index (χ2v) is 8.25. The normalized spacial score (nSPS) is 22.9. The lowest BCUT2D eigenvalue weighted by Crippen LogP contribution is -2.48. The van der Waals surface area contributed by atoms with Gasteiger partial charge in [0.2, 0.25) is 11.8 Å². The van der Waals surface area contributed by atoms with Crippen molar-refractivity contribution >= 4 is 5.91 Å². The lowest BCUT2D eigenvalue weighted by Gasteiger charge is -2.56. The molecule has 0 unspecified atom stereocenters. The van der Waals surface area contributed by atoms with E-state index in [4.69, 9.17) is 8.94 Å². The molecular weight excluding hydrogens is 344 g/mol. The monoisotopic (exact) mass is 370 g/mol. The first-order chi connectivity index (χ1) is 12.9. The maximum atomic E-state index is 12.1. The van der Waals surface area contributed by atoms with Crippen LogP contribution in [0.25, 0.3) is 11.6 Å². The van der Waals surface area contributed by atoms with Gasteiger partial charge in [0.1, 0.15) is 5.76 Å². The molecule has 0 radical (unpaired) electrons. The zero-order valence-corrected chi connectivity index (χ0v) is 16.1. The summed E-state index contributed by atoms with van der Waals surface area (Å²) in [6, 6.07) is 1.73. The number of carbonyl (C=O) groups is 1. The van der Waals surface area contributed by atoms with Crippen LogP contribution in [0.5, 0.6) is 0 Å². The second kappa shape index (κ2) is 6.94. The van der Waals surface area contributed by atoms with Crippen LogP contribution in [0.4, 0.5) is 0 Å². The molecule has 1 fully saturated rings. The molecule has 5 rings (SSSR count). The van der Waals surface area contributed by atoms with E-state index in [9.17, 15) is 4.79 Å². The molecule has 0 aliphatic heterocycles. The number of fused-ring (bicyclic) bond motifs is 1. The van der Waals surface area contributed by atoms with Crippen LogP contribution in [0.3, 0.4) is 0 Å². The van der Waals surface area contributed by atoms with E-state index in [0.717, 1.165) is 12.3 Å². The maximum Gasteiger partial charge on any atom is 0.269 e. The maximum absolute atomic E-state index is 12.1. The summed E-state index contributed by atoms with van der Waals surface area (Å²) >= 11 is 0. The summed E-state index contributed by atoms with van der Waals surface area (Å²) < 4.78 is 10.5. The van der Waals surface area contributed by atoms with Gasteiger partial charge in [0.05, 0.1) is 0 Å². The summed E-state index contributed by atoms with van der Waals surface area (Å²) in [6.07, 6.45) is 6.59. The summed E-state index contributed by atoms with van der Waals surface area (Å²) in [6.45, 7) is 7.23. The minimum atomic E-state index is 0.00851. The fourth-order valence-electron chi connectivity index (χ4n) is 4.34. The van der Waals surface area contributed by atoms with Crippen molar-refractivity contribution < 1.29 is 13.7 Å². The molecule has 0 saturated heterocycles. The molecule has 0 spiro atoms. The number of allylic oxidation sites excluding steroid dienone is 1. The molecule has 1 N–H and O–H groups in total. The summed E-state index contributed by atoms with van der Waals surface area (Å²) in [4.78, 5) is 12.1. The van der Waals surface area contributed by atoms with Crippen molar-refractivity contribution in [1.82, 2.24) is 20.7 Å². The highest BCUT2D eigenvalue weighted by Gasteiger charge is 2.50. The Hall–Kier alpha value is -2.44. The third kappa shape index (κ3) is 3.55. The Kier molecular flexibility index (Phi) is 4.61. The number of nitrogens with zero attached hydrogens (tertiary/aromatic N) is 3. The number of rotatable bonds is 7. The van der Waals surface area contributed by atoms with Crippen molar-refractivity contribution in [2.24, 2.45) is 17.3 Å². The van der Waals surface area contributed by atoms with Gasteiger partial charge in [-0.15, -0.1) is 10.2 Å². The zero-order valence-electron chi connectivity index (χ0n) is 16.1. The van der Waals surface area contributed by atoms with Crippen LogP contribution in [0.2, 0.25) is 0 Å². The molecule has 2 aromatic heterocycles. The molecule has 2 atom stereocenters. The average Bonchev–Trinajstić information content (AvgIpc) is 3.28. The van der Waals surface area contributed by atoms with Gasteiger partial charge >= 0.3 is 0 Å². The van der Waals surface area contributed by atoms with E-state index in [1.165, 1.54) is 18.4 Å². The van der Waals surface area contributed by atoms with Gasteiger partial charge in [-0.3, -0.25) is 4.79 Å². The number of aromatic nitrogens is 3. The first-order valence-corrected chi connectivity index (χ1v) is 9.65. The summed E-state index contributed by atoms with van der Waals surface area (Å²) in [7, 11) is 0. The number of hydrogen-bond acceptors (Lipinski definition) is 6. The molecule has 27 heavy (non-hydrogen) atoms. The van der Waals surface area contributed by atoms with Crippen LogP contribution in [0.15, 0.2) is 26.7 Å². The lowest BCUT2D eigenvalue weighted by molar-refractivity contribution is -0.121. The molecule has 7 heteroatoms. The molecule has 0 aromatic carbocycles. The van der Waals surface area contributed by atoms with Crippen LogP contribution in [0, 0.1) is 24.2 Å². The van der Waals surface area contributed by atoms with Gasteiger partial charge in [0.25, 0.3) is 5.89 Å². The Morgan fingerprint density at radius 2 is 2.19 bits per heavy atom. The number of hydrogen-bond donors (Lipinski definition) is 1. The van der Waals surface area contributed by atoms with Crippen molar-refractivity contribution in [3.63, 3.8) is 0 Å². The Morgan fingerprint density at radius 1 is 1.33 bits per heavy atom. The minimum Gasteiger partial charge on any atom is -0.419 e. The van der Waals surface area contributed by atoms with Crippen LogP contribution in [-0.2, 0) is 11.2 Å². The molecule has 2 bridgehead atoms. The van der Waals surface area contributed by atoms with Crippen molar-refractivity contribution in [2.75, 3.05) is 6.54 Å². The third-order valence-corrected chi connectivity index (χ3v) is 6.20. The van der Waals surface area contributed by atoms with Gasteiger partial charge in [0, 0.05) is 25.5 Å². The Labute approximate surface area is 158 Å². The van der Waals surface area contributed by atoms with Gasteiger partial charge < -0.3 is 14.3 Å². The first-order valence-electron chi connectivity index (χ1n) is 9.65. The highest BCUT2D eigenvalue weighted by molar-refractivity contribution is 5.76. The summed E-state index contributed by atoms with van der Waals surface area (Å²) in [5, 5.41) is 14.8. The number of aryl methyl sites for hydroxylation is 2. The van der Waals surface area contributed by atoms with Crippen LogP contribution >= 0.6 is 0 Å². The summed E-state index contributed by atoms with van der Waals surface area (Å²) in [5.74, 6) is 2.98. The zero-order chi connectivity index (χ0) is 19.0. The van der Waals surface area contributed by atoms with Gasteiger partial charge in [-0.2, -0.15) is 0 Å². The van der Waals surface area contributed by atoms with E-state index in [2.05, 4.69) is 40.6 Å². The van der Waals surface area contributed by atoms with E-state index >= 15 is 0 Å². The van der Waals surface area contributed by atoms with E-state index in [1.807, 2.05) is 0 Å². The number of carbonyl (C=O) groups excluding carboxylic acids is 1. The fraction of sp³-hybridized carbons (Fsp3) is 0.600. The Bertz CT molecular complexity index is 864. The molecular formula is C20H26N4O3. The van der Waals surface area contributed by atoms with Gasteiger partial charge in [-0.1, -0.05) is 30.7 Å². The fourth-order valence-corrected chi connectivity index (χ4v) is 4.34. The molecule has 2 aromatic rings. The van der Waals surface area contributed by atoms with E-state index < -0.39 is 0 Å². The van der Waals surface area contributed by atoms with Crippen LogP contribution in [0.1, 0.15) is 51.2 Å². The van der Waals surface area contributed by atoms with E-state index in [0.29, 0.717) is 54.0 Å². The van der Waals surface area contributed by atoms with E-state index in [1.54, 1.807) is 13.0 Å². The van der Waals surface area contributed by atoms with E-state index in [-0.39, 0.29) is 5.91 Å². The molecule has 144 valence electrons. The largest absolute Gasteiger partial charge is 0.419 e. The Morgan fingerprint density at radius 3 is 2.89 bits per heavy atom. The second-order valence-electron chi connectivity index (χ2n) is 8.25. The van der Waals surface area contributed by atoms with Gasteiger partial charge in [-0.25, -0.2) is 0 Å². The lowest BCUT2D eigenvalue weighted by atomic mass is 9.48. The quantitative estimate of drug-likeness (QED) is 0.750. The molecule has 3 aliphatic rings. The molecule has 1 saturated carbocycles. The minimum absolute atomic E-state index is 0.00851. The summed E-state index contributed by atoms with van der Waals surface area (Å²) in [5.41, 5.74) is 2.47. The van der Waals surface area contributed by atoms with Gasteiger partial charge in [-0.05, 0) is 43.4 Å². The number of amides is 1. The van der Waals surface area contributed by atoms with Crippen LogP contribution < -0.4 is 5.32 Å². The SMILES string of the molecule is Cc1cc(-c2nnc(CCC(=O)NCCC3=CC[C@H]4C[C@@H]3C4(C)C)o2)no1. The molecule has 2 heterocycles. The molecule has 1 amide bonds. The molecule has 3 aliphatic carbocycles. The Balaban J connectivity index is 1.20. The van der Waals surface area contributed by atoms with Crippen molar-refractivity contribution in [1.29, 1.82) is 0 Å². The molecule has 7 nitrogen and oxygen atoms in total. The first kappa shape index (κ1) is 17.9. The highest BCUT2D eigenvalue weighted by atomic mass is 16.5. The van der Waals surface area contributed by atoms with Crippen molar-refractivity contribution in [2.45, 2.75) is 52.9 Å². The van der Waals surface area contributed by atoms with Crippen molar-refractivity contribution in [3.8, 4) is 11.6 Å². The topological polar surface area (TPSA) is 94.1 Å². The predicted octanol–water partition coefficient (Wildman–Crippen LogP) is 3.46.